The lowest BCUT2D eigenvalue weighted by molar-refractivity contribution is -0.120. The van der Waals surface area contributed by atoms with E-state index in [0.717, 1.165) is 11.1 Å². The van der Waals surface area contributed by atoms with E-state index < -0.39 is 12.0 Å². The van der Waals surface area contributed by atoms with Gasteiger partial charge in [-0.15, -0.1) is 12.4 Å². The van der Waals surface area contributed by atoms with Crippen LogP contribution >= 0.6 is 12.4 Å². The summed E-state index contributed by atoms with van der Waals surface area (Å²) in [5.74, 6) is -0.636. The number of anilines is 1. The maximum atomic E-state index is 12.8. The monoisotopic (exact) mass is 417 g/mol. The van der Waals surface area contributed by atoms with Crippen LogP contribution in [0.25, 0.3) is 0 Å². The average molecular weight is 418 g/mol. The number of amides is 2. The fraction of sp³-hybridized carbons (Fsp3) is 0.364. The lowest BCUT2D eigenvalue weighted by Crippen LogP contribution is -2.40. The van der Waals surface area contributed by atoms with Crippen LogP contribution in [0.4, 0.5) is 5.69 Å². The van der Waals surface area contributed by atoms with Crippen molar-refractivity contribution in [1.29, 1.82) is 0 Å². The van der Waals surface area contributed by atoms with E-state index in [1.165, 1.54) is 0 Å². The summed E-state index contributed by atoms with van der Waals surface area (Å²) in [6, 6.07) is 14.6. The standard InChI is InChI=1S/C22H27N3O3.ClH/c1-15-8-9-18(22(27)25-10-12-28-13-11-25)14-19(15)24-21(26)16(2)20(23)17-6-4-3-5-7-17;/h3-9,14,16,20H,10-13,23H2,1-2H3,(H,24,26);1H. The second-order valence-electron chi connectivity index (χ2n) is 7.15. The van der Waals surface area contributed by atoms with Gasteiger partial charge in [-0.05, 0) is 30.2 Å². The number of hydrogen-bond donors (Lipinski definition) is 2. The molecule has 1 saturated heterocycles. The lowest BCUT2D eigenvalue weighted by atomic mass is 9.94. The second kappa shape index (κ2) is 10.4. The van der Waals surface area contributed by atoms with Gasteiger partial charge in [0.2, 0.25) is 5.91 Å². The number of nitrogens with one attached hydrogen (secondary N) is 1. The summed E-state index contributed by atoms with van der Waals surface area (Å²) in [6.07, 6.45) is 0. The van der Waals surface area contributed by atoms with Crippen molar-refractivity contribution in [3.05, 3.63) is 65.2 Å². The summed E-state index contributed by atoms with van der Waals surface area (Å²) in [5, 5.41) is 2.94. The lowest BCUT2D eigenvalue weighted by Gasteiger charge is -2.27. The molecule has 1 fully saturated rings. The largest absolute Gasteiger partial charge is 0.378 e. The van der Waals surface area contributed by atoms with E-state index in [1.807, 2.05) is 50.2 Å². The molecule has 6 nitrogen and oxygen atoms in total. The molecule has 2 atom stereocenters. The number of carbonyl (C=O) groups is 2. The zero-order chi connectivity index (χ0) is 20.1. The van der Waals surface area contributed by atoms with Crippen LogP contribution < -0.4 is 11.1 Å². The van der Waals surface area contributed by atoms with Gasteiger partial charge in [0.05, 0.1) is 19.1 Å². The summed E-state index contributed by atoms with van der Waals surface area (Å²) >= 11 is 0. The summed E-state index contributed by atoms with van der Waals surface area (Å²) < 4.78 is 5.30. The molecule has 0 bridgehead atoms. The van der Waals surface area contributed by atoms with E-state index in [1.54, 1.807) is 17.0 Å². The maximum Gasteiger partial charge on any atom is 0.254 e. The van der Waals surface area contributed by atoms with E-state index in [9.17, 15) is 9.59 Å². The zero-order valence-electron chi connectivity index (χ0n) is 16.8. The second-order valence-corrected chi connectivity index (χ2v) is 7.15. The van der Waals surface area contributed by atoms with Crippen LogP contribution in [0.5, 0.6) is 0 Å². The fourth-order valence-electron chi connectivity index (χ4n) is 3.21. The Morgan fingerprint density at radius 3 is 2.41 bits per heavy atom. The molecule has 2 aromatic rings. The van der Waals surface area contributed by atoms with Gasteiger partial charge in [-0.25, -0.2) is 0 Å². The normalized spacial score (nSPS) is 15.8. The van der Waals surface area contributed by atoms with Crippen molar-refractivity contribution < 1.29 is 14.3 Å². The quantitative estimate of drug-likeness (QED) is 0.782. The molecule has 0 aromatic heterocycles. The molecule has 0 saturated carbocycles. The Morgan fingerprint density at radius 2 is 1.76 bits per heavy atom. The Labute approximate surface area is 177 Å². The average Bonchev–Trinajstić information content (AvgIpc) is 2.75. The van der Waals surface area contributed by atoms with Gasteiger partial charge in [0.15, 0.2) is 0 Å². The Hall–Kier alpha value is -2.41. The molecule has 156 valence electrons. The van der Waals surface area contributed by atoms with E-state index >= 15 is 0 Å². The van der Waals surface area contributed by atoms with Gasteiger partial charge in [0.1, 0.15) is 0 Å². The molecule has 2 aromatic carbocycles. The number of benzene rings is 2. The maximum absolute atomic E-state index is 12.8. The first-order valence-electron chi connectivity index (χ1n) is 9.56. The Bertz CT molecular complexity index is 838. The van der Waals surface area contributed by atoms with Crippen molar-refractivity contribution in [1.82, 2.24) is 4.90 Å². The number of ether oxygens (including phenoxy) is 1. The third-order valence-corrected chi connectivity index (χ3v) is 5.18. The van der Waals surface area contributed by atoms with Crippen molar-refractivity contribution in [3.63, 3.8) is 0 Å². The molecule has 1 aliphatic heterocycles. The number of carbonyl (C=O) groups excluding carboxylic acids is 2. The first-order chi connectivity index (χ1) is 13.5. The first-order valence-corrected chi connectivity index (χ1v) is 9.56. The molecule has 2 amide bonds. The Balaban J connectivity index is 0.00000300. The van der Waals surface area contributed by atoms with Crippen LogP contribution in [-0.4, -0.2) is 43.0 Å². The first kappa shape index (κ1) is 22.9. The number of morpholine rings is 1. The molecular formula is C22H28ClN3O3. The number of halogens is 1. The van der Waals surface area contributed by atoms with Gasteiger partial charge >= 0.3 is 0 Å². The highest BCUT2D eigenvalue weighted by atomic mass is 35.5. The SMILES string of the molecule is Cc1ccc(C(=O)N2CCOCC2)cc1NC(=O)C(C)C(N)c1ccccc1.Cl. The van der Waals surface area contributed by atoms with Crippen molar-refractivity contribution in [2.75, 3.05) is 31.6 Å². The summed E-state index contributed by atoms with van der Waals surface area (Å²) in [4.78, 5) is 27.2. The van der Waals surface area contributed by atoms with E-state index in [2.05, 4.69) is 5.32 Å². The minimum Gasteiger partial charge on any atom is -0.378 e. The number of rotatable bonds is 5. The van der Waals surface area contributed by atoms with E-state index in [-0.39, 0.29) is 24.2 Å². The number of hydrogen-bond acceptors (Lipinski definition) is 4. The van der Waals surface area contributed by atoms with Crippen LogP contribution in [-0.2, 0) is 9.53 Å². The van der Waals surface area contributed by atoms with E-state index in [4.69, 9.17) is 10.5 Å². The van der Waals surface area contributed by atoms with Crippen LogP contribution in [0.3, 0.4) is 0 Å². The van der Waals surface area contributed by atoms with E-state index in [0.29, 0.717) is 37.6 Å². The predicted octanol–water partition coefficient (Wildman–Crippen LogP) is 3.16. The number of nitrogens with two attached hydrogens (primary N) is 1. The highest BCUT2D eigenvalue weighted by Gasteiger charge is 2.24. The predicted molar refractivity (Wildman–Crippen MR) is 116 cm³/mol. The van der Waals surface area contributed by atoms with Crippen molar-refractivity contribution in [2.24, 2.45) is 11.7 Å². The van der Waals surface area contributed by atoms with Crippen molar-refractivity contribution in [2.45, 2.75) is 19.9 Å². The third-order valence-electron chi connectivity index (χ3n) is 5.18. The minimum absolute atomic E-state index is 0. The molecule has 3 rings (SSSR count). The highest BCUT2D eigenvalue weighted by molar-refractivity contribution is 5.98. The molecule has 3 N–H and O–H groups in total. The van der Waals surface area contributed by atoms with Gasteiger partial charge in [0.25, 0.3) is 5.91 Å². The highest BCUT2D eigenvalue weighted by Crippen LogP contribution is 2.23. The molecule has 1 heterocycles. The van der Waals surface area contributed by atoms with Gasteiger partial charge in [-0.2, -0.15) is 0 Å². The van der Waals surface area contributed by atoms with Gasteiger partial charge in [-0.3, -0.25) is 9.59 Å². The summed E-state index contributed by atoms with van der Waals surface area (Å²) in [7, 11) is 0. The molecule has 1 aliphatic rings. The molecule has 0 radical (unpaired) electrons. The topological polar surface area (TPSA) is 84.7 Å². The number of nitrogens with zero attached hydrogens (tertiary/aromatic N) is 1. The van der Waals surface area contributed by atoms with Crippen LogP contribution in [0, 0.1) is 12.8 Å². The minimum atomic E-state index is -0.416. The van der Waals surface area contributed by atoms with Crippen LogP contribution in [0.2, 0.25) is 0 Å². The van der Waals surface area contributed by atoms with Gasteiger partial charge < -0.3 is 20.7 Å². The Kier molecular flexibility index (Phi) is 8.20. The molecular weight excluding hydrogens is 390 g/mol. The number of aryl methyl sites for hydroxylation is 1. The van der Waals surface area contributed by atoms with Gasteiger partial charge in [0, 0.05) is 30.4 Å². The zero-order valence-corrected chi connectivity index (χ0v) is 17.6. The smallest absolute Gasteiger partial charge is 0.254 e. The van der Waals surface area contributed by atoms with Crippen LogP contribution in [0.1, 0.15) is 34.5 Å². The molecule has 2 unspecified atom stereocenters. The van der Waals surface area contributed by atoms with Crippen molar-refractivity contribution in [3.8, 4) is 0 Å². The fourth-order valence-corrected chi connectivity index (χ4v) is 3.21. The molecule has 7 heteroatoms. The summed E-state index contributed by atoms with van der Waals surface area (Å²) in [6.45, 7) is 5.98. The third kappa shape index (κ3) is 5.56. The molecule has 0 aliphatic carbocycles. The Morgan fingerprint density at radius 1 is 1.10 bits per heavy atom. The van der Waals surface area contributed by atoms with Crippen LogP contribution in [0.15, 0.2) is 48.5 Å². The van der Waals surface area contributed by atoms with Gasteiger partial charge in [-0.1, -0.05) is 43.3 Å². The molecule has 0 spiro atoms. The van der Waals surface area contributed by atoms with Crippen molar-refractivity contribution >= 4 is 29.9 Å². The summed E-state index contributed by atoms with van der Waals surface area (Å²) in [5.41, 5.74) is 9.28. The molecule has 29 heavy (non-hydrogen) atoms.